The molecule has 0 N–H and O–H groups in total. The van der Waals surface area contributed by atoms with Gasteiger partial charge in [0, 0.05) is 18.0 Å². The van der Waals surface area contributed by atoms with E-state index < -0.39 is 0 Å². The third kappa shape index (κ3) is 5.09. The Hall–Kier alpha value is -0.390. The van der Waals surface area contributed by atoms with Crippen LogP contribution in [0.25, 0.3) is 0 Å². The molecule has 0 aliphatic carbocycles. The first kappa shape index (κ1) is 13.7. The van der Waals surface area contributed by atoms with Gasteiger partial charge in [0.25, 0.3) is 0 Å². The molecule has 1 aromatic rings. The molecule has 0 radical (unpaired) electrons. The Labute approximate surface area is 109 Å². The summed E-state index contributed by atoms with van der Waals surface area (Å²) in [7, 11) is 3.44. The van der Waals surface area contributed by atoms with Gasteiger partial charge in [0.2, 0.25) is 0 Å². The van der Waals surface area contributed by atoms with Crippen LogP contribution in [0.15, 0.2) is 15.9 Å². The molecule has 0 aliphatic heterocycles. The second kappa shape index (κ2) is 7.04. The normalized spacial score (nSPS) is 10.8. The van der Waals surface area contributed by atoms with Gasteiger partial charge in [-0.1, -0.05) is 0 Å². The summed E-state index contributed by atoms with van der Waals surface area (Å²) in [6.45, 7) is 1.71. The number of likely N-dealkylation sites (N-methyl/N-ethyl adjacent to an activating group) is 1. The Balaban J connectivity index is 2.19. The van der Waals surface area contributed by atoms with Gasteiger partial charge in [0.05, 0.1) is 17.3 Å². The number of methoxy groups -OCH3 is 1. The van der Waals surface area contributed by atoms with Gasteiger partial charge in [-0.2, -0.15) is 0 Å². The summed E-state index contributed by atoms with van der Waals surface area (Å²) >= 11 is 5.20. The molecule has 5 heteroatoms. The van der Waals surface area contributed by atoms with Crippen molar-refractivity contribution in [3.8, 4) is 0 Å². The van der Waals surface area contributed by atoms with E-state index in [0.29, 0.717) is 6.42 Å². The lowest BCUT2D eigenvalue weighted by Gasteiger charge is -2.14. The van der Waals surface area contributed by atoms with Crippen LogP contribution >= 0.6 is 27.3 Å². The van der Waals surface area contributed by atoms with Crippen molar-refractivity contribution >= 4 is 33.2 Å². The topological polar surface area (TPSA) is 29.5 Å². The smallest absolute Gasteiger partial charge is 0.306 e. The van der Waals surface area contributed by atoms with Crippen LogP contribution in [0.2, 0.25) is 0 Å². The van der Waals surface area contributed by atoms with Crippen molar-refractivity contribution in [3.05, 3.63) is 20.8 Å². The third-order valence-electron chi connectivity index (χ3n) is 2.29. The molecule has 90 valence electrons. The van der Waals surface area contributed by atoms with E-state index in [1.54, 1.807) is 11.3 Å². The highest BCUT2D eigenvalue weighted by molar-refractivity contribution is 9.11. The fourth-order valence-electron chi connectivity index (χ4n) is 1.28. The highest BCUT2D eigenvalue weighted by Crippen LogP contribution is 2.22. The van der Waals surface area contributed by atoms with Gasteiger partial charge in [-0.25, -0.2) is 0 Å². The third-order valence-corrected chi connectivity index (χ3v) is 3.98. The molecule has 0 saturated heterocycles. The maximum atomic E-state index is 10.9. The molecule has 0 aromatic carbocycles. The molecule has 0 fully saturated rings. The van der Waals surface area contributed by atoms with Crippen molar-refractivity contribution in [3.63, 3.8) is 0 Å². The fraction of sp³-hybridized carbons (Fsp3) is 0.545. The molecular formula is C11H16BrNO2S. The van der Waals surface area contributed by atoms with Gasteiger partial charge in [-0.05, 0) is 41.5 Å². The van der Waals surface area contributed by atoms with Gasteiger partial charge in [-0.3, -0.25) is 4.79 Å². The molecule has 0 saturated carbocycles. The number of carbonyl (C=O) groups is 1. The zero-order chi connectivity index (χ0) is 12.0. The molecule has 0 spiro atoms. The Morgan fingerprint density at radius 3 is 2.81 bits per heavy atom. The SMILES string of the molecule is COC(=O)CCN(C)CCc1ccc(Br)s1. The van der Waals surface area contributed by atoms with Crippen LogP contribution in [0.4, 0.5) is 0 Å². The van der Waals surface area contributed by atoms with Crippen LogP contribution in [-0.4, -0.2) is 38.1 Å². The van der Waals surface area contributed by atoms with Gasteiger partial charge in [0.15, 0.2) is 0 Å². The Kier molecular flexibility index (Phi) is 6.01. The lowest BCUT2D eigenvalue weighted by atomic mass is 10.3. The highest BCUT2D eigenvalue weighted by Gasteiger charge is 2.05. The molecule has 0 unspecified atom stereocenters. The molecule has 0 amide bonds. The Morgan fingerprint density at radius 1 is 1.50 bits per heavy atom. The van der Waals surface area contributed by atoms with Crippen LogP contribution in [-0.2, 0) is 16.0 Å². The molecule has 1 heterocycles. The summed E-state index contributed by atoms with van der Waals surface area (Å²) in [5.41, 5.74) is 0. The van der Waals surface area contributed by atoms with E-state index in [1.807, 2.05) is 7.05 Å². The number of hydrogen-bond acceptors (Lipinski definition) is 4. The predicted octanol–water partition coefficient (Wildman–Crippen LogP) is 2.55. The first-order valence-electron chi connectivity index (χ1n) is 5.11. The minimum absolute atomic E-state index is 0.147. The summed E-state index contributed by atoms with van der Waals surface area (Å²) in [6, 6.07) is 4.19. The van der Waals surface area contributed by atoms with Crippen molar-refractivity contribution in [1.29, 1.82) is 0 Å². The van der Waals surface area contributed by atoms with Crippen molar-refractivity contribution < 1.29 is 9.53 Å². The number of thiophene rings is 1. The number of halogens is 1. The minimum Gasteiger partial charge on any atom is -0.469 e. The number of ether oxygens (including phenoxy) is 1. The van der Waals surface area contributed by atoms with E-state index in [0.717, 1.165) is 19.5 Å². The number of carbonyl (C=O) groups excluding carboxylic acids is 1. The number of rotatable bonds is 6. The average molecular weight is 306 g/mol. The van der Waals surface area contributed by atoms with Gasteiger partial charge >= 0.3 is 5.97 Å². The summed E-state index contributed by atoms with van der Waals surface area (Å²) in [5, 5.41) is 0. The lowest BCUT2D eigenvalue weighted by molar-refractivity contribution is -0.140. The molecular weight excluding hydrogens is 290 g/mol. The molecule has 3 nitrogen and oxygen atoms in total. The van der Waals surface area contributed by atoms with E-state index in [-0.39, 0.29) is 5.97 Å². The van der Waals surface area contributed by atoms with E-state index >= 15 is 0 Å². The Morgan fingerprint density at radius 2 is 2.25 bits per heavy atom. The Bertz CT molecular complexity index is 340. The van der Waals surface area contributed by atoms with Crippen LogP contribution < -0.4 is 0 Å². The molecule has 1 aromatic heterocycles. The van der Waals surface area contributed by atoms with Crippen LogP contribution in [0, 0.1) is 0 Å². The van der Waals surface area contributed by atoms with Crippen molar-refractivity contribution in [1.82, 2.24) is 4.90 Å². The summed E-state index contributed by atoms with van der Waals surface area (Å²) in [5.74, 6) is -0.147. The van der Waals surface area contributed by atoms with Crippen molar-refractivity contribution in [2.24, 2.45) is 0 Å². The van der Waals surface area contributed by atoms with E-state index in [9.17, 15) is 4.79 Å². The quantitative estimate of drug-likeness (QED) is 0.757. The fourth-order valence-corrected chi connectivity index (χ4v) is 2.76. The van der Waals surface area contributed by atoms with Crippen LogP contribution in [0.1, 0.15) is 11.3 Å². The summed E-state index contributed by atoms with van der Waals surface area (Å²) < 4.78 is 5.76. The first-order chi connectivity index (χ1) is 7.61. The van der Waals surface area contributed by atoms with E-state index in [4.69, 9.17) is 0 Å². The van der Waals surface area contributed by atoms with Gasteiger partial charge in [0.1, 0.15) is 0 Å². The zero-order valence-electron chi connectivity index (χ0n) is 9.53. The summed E-state index contributed by atoms with van der Waals surface area (Å²) in [4.78, 5) is 14.4. The second-order valence-electron chi connectivity index (χ2n) is 3.59. The van der Waals surface area contributed by atoms with E-state index in [2.05, 4.69) is 37.7 Å². The number of hydrogen-bond donors (Lipinski definition) is 0. The molecule has 0 aliphatic rings. The van der Waals surface area contributed by atoms with Crippen molar-refractivity contribution in [2.45, 2.75) is 12.8 Å². The molecule has 16 heavy (non-hydrogen) atoms. The molecule has 0 bridgehead atoms. The summed E-state index contributed by atoms with van der Waals surface area (Å²) in [6.07, 6.45) is 1.48. The number of nitrogens with zero attached hydrogens (tertiary/aromatic N) is 1. The maximum absolute atomic E-state index is 10.9. The first-order valence-corrected chi connectivity index (χ1v) is 6.72. The maximum Gasteiger partial charge on any atom is 0.306 e. The second-order valence-corrected chi connectivity index (χ2v) is 6.13. The van der Waals surface area contributed by atoms with E-state index in [1.165, 1.54) is 15.8 Å². The van der Waals surface area contributed by atoms with Gasteiger partial charge in [-0.15, -0.1) is 11.3 Å². The largest absolute Gasteiger partial charge is 0.469 e. The van der Waals surface area contributed by atoms with Gasteiger partial charge < -0.3 is 9.64 Å². The molecule has 0 atom stereocenters. The lowest BCUT2D eigenvalue weighted by Crippen LogP contribution is -2.24. The highest BCUT2D eigenvalue weighted by atomic mass is 79.9. The van der Waals surface area contributed by atoms with Crippen molar-refractivity contribution in [2.75, 3.05) is 27.2 Å². The monoisotopic (exact) mass is 305 g/mol. The number of esters is 1. The zero-order valence-corrected chi connectivity index (χ0v) is 11.9. The average Bonchev–Trinajstić information content (AvgIpc) is 2.69. The van der Waals surface area contributed by atoms with Crippen LogP contribution in [0.5, 0.6) is 0 Å². The standard InChI is InChI=1S/C11H16BrNO2S/c1-13(8-6-11(14)15-2)7-5-9-3-4-10(12)16-9/h3-4H,5-8H2,1-2H3. The predicted molar refractivity (Wildman–Crippen MR) is 69.9 cm³/mol. The molecule has 1 rings (SSSR count). The van der Waals surface area contributed by atoms with Crippen LogP contribution in [0.3, 0.4) is 0 Å². The minimum atomic E-state index is -0.147.